The van der Waals surface area contributed by atoms with Gasteiger partial charge >= 0.3 is 0 Å². The number of sulfonamides is 1. The lowest BCUT2D eigenvalue weighted by atomic mass is 10.3. The van der Waals surface area contributed by atoms with Gasteiger partial charge in [0, 0.05) is 11.4 Å². The maximum atomic E-state index is 13.7. The first-order chi connectivity index (χ1) is 11.9. The summed E-state index contributed by atoms with van der Waals surface area (Å²) >= 11 is 3.02. The minimum atomic E-state index is -3.83. The molecule has 0 radical (unpaired) electrons. The zero-order valence-electron chi connectivity index (χ0n) is 13.4. The van der Waals surface area contributed by atoms with Crippen molar-refractivity contribution in [2.45, 2.75) is 18.4 Å². The molecule has 0 aliphatic rings. The molecule has 0 atom stereocenters. The molecule has 5 nitrogen and oxygen atoms in total. The lowest BCUT2D eigenvalue weighted by Crippen LogP contribution is -2.23. The van der Waals surface area contributed by atoms with E-state index in [0.29, 0.717) is 0 Å². The third kappa shape index (κ3) is 3.90. The Morgan fingerprint density at radius 2 is 2.12 bits per heavy atom. The van der Waals surface area contributed by atoms with E-state index in [4.69, 9.17) is 4.74 Å². The molecule has 0 bridgehead atoms. The number of methoxy groups -OCH3 is 1. The van der Waals surface area contributed by atoms with Crippen LogP contribution in [0.25, 0.3) is 9.88 Å². The number of hydrogen-bond donors (Lipinski definition) is 1. The fraction of sp³-hybridized carbons (Fsp3) is 0.188. The minimum absolute atomic E-state index is 0.00200. The number of rotatable bonds is 6. The van der Waals surface area contributed by atoms with Gasteiger partial charge in [0.15, 0.2) is 11.6 Å². The molecule has 0 aliphatic carbocycles. The highest BCUT2D eigenvalue weighted by Crippen LogP contribution is 2.31. The highest BCUT2D eigenvalue weighted by molar-refractivity contribution is 7.89. The summed E-state index contributed by atoms with van der Waals surface area (Å²) in [4.78, 5) is 6.20. The average Bonchev–Trinajstić information content (AvgIpc) is 3.22. The molecule has 9 heteroatoms. The third-order valence-corrected chi connectivity index (χ3v) is 7.08. The number of halogens is 1. The number of thiophene rings is 1. The van der Waals surface area contributed by atoms with E-state index in [0.717, 1.165) is 26.5 Å². The van der Waals surface area contributed by atoms with Gasteiger partial charge in [-0.15, -0.1) is 22.7 Å². The van der Waals surface area contributed by atoms with Gasteiger partial charge in [-0.2, -0.15) is 0 Å². The molecular weight excluding hydrogens is 383 g/mol. The summed E-state index contributed by atoms with van der Waals surface area (Å²) < 4.78 is 45.8. The lowest BCUT2D eigenvalue weighted by molar-refractivity contribution is 0.385. The molecule has 0 saturated carbocycles. The third-order valence-electron chi connectivity index (χ3n) is 3.48. The second-order valence-electron chi connectivity index (χ2n) is 5.13. The van der Waals surface area contributed by atoms with Gasteiger partial charge in [-0.25, -0.2) is 22.5 Å². The first-order valence-electron chi connectivity index (χ1n) is 7.24. The number of thiazole rings is 1. The van der Waals surface area contributed by atoms with Crippen molar-refractivity contribution in [1.29, 1.82) is 0 Å². The van der Waals surface area contributed by atoms with Crippen molar-refractivity contribution in [3.63, 3.8) is 0 Å². The first kappa shape index (κ1) is 18.0. The molecule has 0 aliphatic heterocycles. The molecule has 132 valence electrons. The van der Waals surface area contributed by atoms with Gasteiger partial charge in [0.1, 0.15) is 5.01 Å². The van der Waals surface area contributed by atoms with Crippen LogP contribution >= 0.6 is 22.7 Å². The predicted octanol–water partition coefficient (Wildman–Crippen LogP) is 3.81. The van der Waals surface area contributed by atoms with Crippen LogP contribution < -0.4 is 9.46 Å². The summed E-state index contributed by atoms with van der Waals surface area (Å²) in [5, 5.41) is 2.82. The van der Waals surface area contributed by atoms with Crippen molar-refractivity contribution >= 4 is 32.7 Å². The smallest absolute Gasteiger partial charge is 0.241 e. The van der Waals surface area contributed by atoms with Crippen LogP contribution in [0, 0.1) is 12.7 Å². The Kier molecular flexibility index (Phi) is 5.19. The largest absolute Gasteiger partial charge is 0.494 e. The summed E-state index contributed by atoms with van der Waals surface area (Å²) in [7, 11) is -2.51. The normalized spacial score (nSPS) is 11.6. The van der Waals surface area contributed by atoms with Crippen molar-refractivity contribution in [2.75, 3.05) is 7.11 Å². The standard InChI is InChI=1S/C16H15FN2O3S3/c1-10-15(24-16(19-10)14-4-3-7-23-14)9-18-25(20,21)11-5-6-13(22-2)12(17)8-11/h3-8,18H,9H2,1-2H3. The van der Waals surface area contributed by atoms with Gasteiger partial charge in [-0.1, -0.05) is 6.07 Å². The molecule has 3 aromatic rings. The summed E-state index contributed by atoms with van der Waals surface area (Å²) in [6, 6.07) is 7.45. The summed E-state index contributed by atoms with van der Waals surface area (Å²) in [6.45, 7) is 1.94. The van der Waals surface area contributed by atoms with Crippen molar-refractivity contribution in [1.82, 2.24) is 9.71 Å². The fourth-order valence-corrected chi connectivity index (χ4v) is 5.05. The van der Waals surface area contributed by atoms with Crippen LogP contribution in [0.5, 0.6) is 5.75 Å². The highest BCUT2D eigenvalue weighted by Gasteiger charge is 2.18. The number of benzene rings is 1. The fourth-order valence-electron chi connectivity index (χ4n) is 2.16. The quantitative estimate of drug-likeness (QED) is 0.686. The van der Waals surface area contributed by atoms with Crippen LogP contribution in [0.4, 0.5) is 4.39 Å². The number of aromatic nitrogens is 1. The van der Waals surface area contributed by atoms with Crippen LogP contribution in [-0.2, 0) is 16.6 Å². The molecule has 0 fully saturated rings. The minimum Gasteiger partial charge on any atom is -0.494 e. The van der Waals surface area contributed by atoms with E-state index in [9.17, 15) is 12.8 Å². The predicted molar refractivity (Wildman–Crippen MR) is 97.1 cm³/mol. The lowest BCUT2D eigenvalue weighted by Gasteiger charge is -2.08. The highest BCUT2D eigenvalue weighted by atomic mass is 32.2. The van der Waals surface area contributed by atoms with Crippen LogP contribution in [0.1, 0.15) is 10.6 Å². The SMILES string of the molecule is COc1ccc(S(=O)(=O)NCc2sc(-c3cccs3)nc2C)cc1F. The number of ether oxygens (including phenoxy) is 1. The Balaban J connectivity index is 1.77. The van der Waals surface area contributed by atoms with E-state index in [1.165, 1.54) is 30.6 Å². The topological polar surface area (TPSA) is 68.3 Å². The molecule has 0 spiro atoms. The van der Waals surface area contributed by atoms with Crippen molar-refractivity contribution < 1.29 is 17.5 Å². The summed E-state index contributed by atoms with van der Waals surface area (Å²) in [5.74, 6) is -0.725. The van der Waals surface area contributed by atoms with Crippen LogP contribution in [0.3, 0.4) is 0 Å². The van der Waals surface area contributed by atoms with E-state index in [1.807, 2.05) is 24.4 Å². The van der Waals surface area contributed by atoms with E-state index in [1.54, 1.807) is 11.3 Å². The average molecular weight is 399 g/mol. The number of nitrogens with one attached hydrogen (secondary N) is 1. The van der Waals surface area contributed by atoms with Gasteiger partial charge in [0.2, 0.25) is 10.0 Å². The summed E-state index contributed by atoms with van der Waals surface area (Å²) in [6.07, 6.45) is 0. The van der Waals surface area contributed by atoms with Crippen molar-refractivity contribution in [3.8, 4) is 15.6 Å². The molecule has 3 rings (SSSR count). The Labute approximate surface area is 153 Å². The van der Waals surface area contributed by atoms with Crippen LogP contribution in [-0.4, -0.2) is 20.5 Å². The second kappa shape index (κ2) is 7.20. The van der Waals surface area contributed by atoms with Gasteiger partial charge in [-0.3, -0.25) is 0 Å². The first-order valence-corrected chi connectivity index (χ1v) is 10.4. The van der Waals surface area contributed by atoms with Crippen LogP contribution in [0.15, 0.2) is 40.6 Å². The molecule has 2 aromatic heterocycles. The van der Waals surface area contributed by atoms with E-state index < -0.39 is 15.8 Å². The van der Waals surface area contributed by atoms with Crippen LogP contribution in [0.2, 0.25) is 0 Å². The molecule has 0 amide bonds. The maximum absolute atomic E-state index is 13.7. The molecule has 0 saturated heterocycles. The molecule has 1 aromatic carbocycles. The van der Waals surface area contributed by atoms with Gasteiger partial charge in [0.25, 0.3) is 0 Å². The molecule has 1 N–H and O–H groups in total. The van der Waals surface area contributed by atoms with E-state index >= 15 is 0 Å². The van der Waals surface area contributed by atoms with Gasteiger partial charge in [0.05, 0.1) is 22.6 Å². The second-order valence-corrected chi connectivity index (χ2v) is 8.92. The number of hydrogen-bond acceptors (Lipinski definition) is 6. The monoisotopic (exact) mass is 398 g/mol. The Hall–Kier alpha value is -1.81. The molecular formula is C16H15FN2O3S3. The summed E-state index contributed by atoms with van der Waals surface area (Å²) in [5.41, 5.74) is 0.775. The zero-order valence-corrected chi connectivity index (χ0v) is 15.9. The Bertz CT molecular complexity index is 982. The molecule has 25 heavy (non-hydrogen) atoms. The van der Waals surface area contributed by atoms with Gasteiger partial charge < -0.3 is 4.74 Å². The molecule has 2 heterocycles. The van der Waals surface area contributed by atoms with E-state index in [-0.39, 0.29) is 17.2 Å². The zero-order chi connectivity index (χ0) is 18.0. The van der Waals surface area contributed by atoms with Crippen molar-refractivity contribution in [2.24, 2.45) is 0 Å². The van der Waals surface area contributed by atoms with E-state index in [2.05, 4.69) is 9.71 Å². The van der Waals surface area contributed by atoms with Gasteiger partial charge in [-0.05, 0) is 36.6 Å². The Morgan fingerprint density at radius 3 is 2.76 bits per heavy atom. The molecule has 0 unspecified atom stereocenters. The number of aryl methyl sites for hydroxylation is 1. The Morgan fingerprint density at radius 1 is 1.32 bits per heavy atom. The van der Waals surface area contributed by atoms with Crippen molar-refractivity contribution in [3.05, 3.63) is 52.1 Å². The maximum Gasteiger partial charge on any atom is 0.241 e. The number of nitrogens with zero attached hydrogens (tertiary/aromatic N) is 1.